The maximum Gasteiger partial charge on any atom is 0.122 e. The lowest BCUT2D eigenvalue weighted by atomic mass is 10.0. The molecule has 1 saturated carbocycles. The van der Waals surface area contributed by atoms with Gasteiger partial charge in [-0.3, -0.25) is 0 Å². The number of hydrogen-bond donors (Lipinski definition) is 1. The Balaban J connectivity index is 2.35. The Hall–Kier alpha value is -1.22. The fraction of sp³-hybridized carbons (Fsp3) is 0.538. The van der Waals surface area contributed by atoms with Crippen molar-refractivity contribution in [3.63, 3.8) is 0 Å². The molecule has 0 unspecified atom stereocenters. The van der Waals surface area contributed by atoms with Crippen molar-refractivity contribution in [2.45, 2.75) is 25.8 Å². The van der Waals surface area contributed by atoms with E-state index < -0.39 is 0 Å². The minimum atomic E-state index is 0.178. The van der Waals surface area contributed by atoms with Crippen molar-refractivity contribution < 1.29 is 9.47 Å². The Bertz CT molecular complexity index is 379. The topological polar surface area (TPSA) is 44.5 Å². The Morgan fingerprint density at radius 1 is 1.06 bits per heavy atom. The van der Waals surface area contributed by atoms with Gasteiger partial charge in [0.05, 0.1) is 14.2 Å². The monoisotopic (exact) mass is 221 g/mol. The molecule has 0 amide bonds. The van der Waals surface area contributed by atoms with Crippen LogP contribution in [0.3, 0.4) is 0 Å². The summed E-state index contributed by atoms with van der Waals surface area (Å²) in [5.41, 5.74) is 7.46. The first-order valence-electron chi connectivity index (χ1n) is 5.49. The van der Waals surface area contributed by atoms with Crippen LogP contribution in [0.4, 0.5) is 0 Å². The van der Waals surface area contributed by atoms with E-state index in [4.69, 9.17) is 15.2 Å². The van der Waals surface area contributed by atoms with Crippen molar-refractivity contribution in [2.75, 3.05) is 14.2 Å². The molecule has 1 fully saturated rings. The summed E-state index contributed by atoms with van der Waals surface area (Å²) in [6.07, 6.45) is 0. The zero-order chi connectivity index (χ0) is 11.9. The zero-order valence-electron chi connectivity index (χ0n) is 10.3. The van der Waals surface area contributed by atoms with Gasteiger partial charge in [-0.2, -0.15) is 0 Å². The molecule has 0 aromatic heterocycles. The van der Waals surface area contributed by atoms with Crippen LogP contribution in [0.15, 0.2) is 18.2 Å². The predicted octanol–water partition coefficient (Wildman–Crippen LogP) is 2.15. The van der Waals surface area contributed by atoms with Gasteiger partial charge in [-0.15, -0.1) is 0 Å². The van der Waals surface area contributed by atoms with E-state index in [1.165, 1.54) is 5.56 Å². The van der Waals surface area contributed by atoms with Crippen LogP contribution < -0.4 is 15.2 Å². The van der Waals surface area contributed by atoms with Crippen molar-refractivity contribution in [1.29, 1.82) is 0 Å². The molecule has 1 aromatic carbocycles. The maximum absolute atomic E-state index is 6.08. The molecule has 1 aliphatic carbocycles. The maximum atomic E-state index is 6.08. The quantitative estimate of drug-likeness (QED) is 0.850. The first-order valence-corrected chi connectivity index (χ1v) is 5.49. The van der Waals surface area contributed by atoms with Gasteiger partial charge in [-0.25, -0.2) is 0 Å². The largest absolute Gasteiger partial charge is 0.497 e. The normalized spacial score (nSPS) is 26.3. The molecule has 2 N–H and O–H groups in total. The van der Waals surface area contributed by atoms with Crippen LogP contribution >= 0.6 is 0 Å². The van der Waals surface area contributed by atoms with Crippen molar-refractivity contribution in [3.8, 4) is 11.5 Å². The number of benzene rings is 1. The highest BCUT2D eigenvalue weighted by Gasteiger charge is 2.56. The SMILES string of the molecule is COc1cc(OC)cc([C@H]2[C@H](N)C2(C)C)c1. The molecule has 16 heavy (non-hydrogen) atoms. The van der Waals surface area contributed by atoms with E-state index in [0.717, 1.165) is 11.5 Å². The van der Waals surface area contributed by atoms with Gasteiger partial charge >= 0.3 is 0 Å². The molecule has 2 atom stereocenters. The number of methoxy groups -OCH3 is 2. The van der Waals surface area contributed by atoms with E-state index in [2.05, 4.69) is 13.8 Å². The van der Waals surface area contributed by atoms with Gasteiger partial charge in [0.1, 0.15) is 11.5 Å². The summed E-state index contributed by atoms with van der Waals surface area (Å²) in [4.78, 5) is 0. The fourth-order valence-electron chi connectivity index (χ4n) is 2.32. The molecule has 0 heterocycles. The molecule has 0 bridgehead atoms. The van der Waals surface area contributed by atoms with E-state index in [0.29, 0.717) is 5.92 Å². The molecule has 88 valence electrons. The van der Waals surface area contributed by atoms with Crippen molar-refractivity contribution >= 4 is 0 Å². The van der Waals surface area contributed by atoms with Crippen molar-refractivity contribution in [1.82, 2.24) is 0 Å². The van der Waals surface area contributed by atoms with Gasteiger partial charge in [-0.05, 0) is 23.1 Å². The Morgan fingerprint density at radius 3 is 1.81 bits per heavy atom. The van der Waals surface area contributed by atoms with Crippen LogP contribution in [-0.4, -0.2) is 20.3 Å². The van der Waals surface area contributed by atoms with E-state index in [1.807, 2.05) is 18.2 Å². The van der Waals surface area contributed by atoms with Crippen LogP contribution in [0.25, 0.3) is 0 Å². The number of ether oxygens (including phenoxy) is 2. The van der Waals surface area contributed by atoms with Gasteiger partial charge in [-0.1, -0.05) is 13.8 Å². The summed E-state index contributed by atoms with van der Waals surface area (Å²) in [5.74, 6) is 2.05. The third-order valence-electron chi connectivity index (χ3n) is 3.64. The second kappa shape index (κ2) is 3.67. The Labute approximate surface area is 96.5 Å². The van der Waals surface area contributed by atoms with Crippen LogP contribution in [0.5, 0.6) is 11.5 Å². The average Bonchev–Trinajstić information content (AvgIpc) is 2.77. The van der Waals surface area contributed by atoms with Gasteiger partial charge < -0.3 is 15.2 Å². The molecule has 0 saturated heterocycles. The fourth-order valence-corrected chi connectivity index (χ4v) is 2.32. The van der Waals surface area contributed by atoms with Crippen molar-refractivity contribution in [2.24, 2.45) is 11.1 Å². The second-order valence-corrected chi connectivity index (χ2v) is 4.97. The molecular weight excluding hydrogens is 202 g/mol. The van der Waals surface area contributed by atoms with Gasteiger partial charge in [0, 0.05) is 18.0 Å². The van der Waals surface area contributed by atoms with E-state index in [1.54, 1.807) is 14.2 Å². The molecule has 0 aliphatic heterocycles. The number of rotatable bonds is 3. The minimum absolute atomic E-state index is 0.178. The van der Waals surface area contributed by atoms with Crippen LogP contribution in [0.2, 0.25) is 0 Å². The lowest BCUT2D eigenvalue weighted by Crippen LogP contribution is -2.06. The van der Waals surface area contributed by atoms with Crippen LogP contribution in [-0.2, 0) is 0 Å². The first-order chi connectivity index (χ1) is 7.50. The van der Waals surface area contributed by atoms with Crippen LogP contribution in [0.1, 0.15) is 25.3 Å². The van der Waals surface area contributed by atoms with Gasteiger partial charge in [0.2, 0.25) is 0 Å². The van der Waals surface area contributed by atoms with Crippen LogP contribution in [0, 0.1) is 5.41 Å². The minimum Gasteiger partial charge on any atom is -0.497 e. The molecule has 3 heteroatoms. The highest BCUT2D eigenvalue weighted by molar-refractivity contribution is 5.44. The summed E-state index contributed by atoms with van der Waals surface area (Å²) >= 11 is 0. The Kier molecular flexibility index (Phi) is 2.58. The molecule has 0 radical (unpaired) electrons. The van der Waals surface area contributed by atoms with Gasteiger partial charge in [0.25, 0.3) is 0 Å². The summed E-state index contributed by atoms with van der Waals surface area (Å²) in [5, 5.41) is 0. The lowest BCUT2D eigenvalue weighted by molar-refractivity contribution is 0.393. The summed E-state index contributed by atoms with van der Waals surface area (Å²) < 4.78 is 10.5. The third-order valence-corrected chi connectivity index (χ3v) is 3.64. The molecular formula is C13H19NO2. The smallest absolute Gasteiger partial charge is 0.122 e. The molecule has 3 nitrogen and oxygen atoms in total. The molecule has 0 spiro atoms. The summed E-state index contributed by atoms with van der Waals surface area (Å²) in [6.45, 7) is 4.38. The number of hydrogen-bond acceptors (Lipinski definition) is 3. The van der Waals surface area contributed by atoms with E-state index >= 15 is 0 Å². The third kappa shape index (κ3) is 1.65. The average molecular weight is 221 g/mol. The Morgan fingerprint density at radius 2 is 1.50 bits per heavy atom. The van der Waals surface area contributed by atoms with E-state index in [9.17, 15) is 0 Å². The number of nitrogens with two attached hydrogens (primary N) is 1. The lowest BCUT2D eigenvalue weighted by Gasteiger charge is -2.09. The first kappa shape index (κ1) is 11.3. The summed E-state index contributed by atoms with van der Waals surface area (Å²) in [7, 11) is 3.33. The highest BCUT2D eigenvalue weighted by atomic mass is 16.5. The predicted molar refractivity (Wildman–Crippen MR) is 64.0 cm³/mol. The second-order valence-electron chi connectivity index (χ2n) is 4.97. The summed E-state index contributed by atoms with van der Waals surface area (Å²) in [6, 6.07) is 6.19. The highest BCUT2D eigenvalue weighted by Crippen LogP contribution is 2.58. The standard InChI is InChI=1S/C13H19NO2/c1-13(2)11(12(13)14)8-5-9(15-3)7-10(6-8)16-4/h5-7,11-12H,14H2,1-4H3/t11-,12-/m0/s1. The molecule has 1 aromatic rings. The van der Waals surface area contributed by atoms with Crippen molar-refractivity contribution in [3.05, 3.63) is 23.8 Å². The van der Waals surface area contributed by atoms with E-state index in [-0.39, 0.29) is 11.5 Å². The van der Waals surface area contributed by atoms with Gasteiger partial charge in [0.15, 0.2) is 0 Å². The molecule has 1 aliphatic rings. The molecule has 2 rings (SSSR count). The zero-order valence-corrected chi connectivity index (χ0v) is 10.3.